The normalized spacial score (nSPS) is 10.7. The van der Waals surface area contributed by atoms with Gasteiger partial charge in [0.2, 0.25) is 0 Å². The first-order valence-electron chi connectivity index (χ1n) is 6.70. The lowest BCUT2D eigenvalue weighted by Gasteiger charge is -2.31. The number of methoxy groups -OCH3 is 1. The summed E-state index contributed by atoms with van der Waals surface area (Å²) in [6.07, 6.45) is 3.80. The lowest BCUT2D eigenvalue weighted by molar-refractivity contribution is 0.202. The number of nitrogen functional groups attached to an aromatic ring is 1. The Morgan fingerprint density at radius 3 is 2.68 bits per heavy atom. The van der Waals surface area contributed by atoms with Crippen LogP contribution in [0.4, 0.5) is 5.82 Å². The molecule has 0 spiro atoms. The van der Waals surface area contributed by atoms with Gasteiger partial charge < -0.3 is 15.4 Å². The van der Waals surface area contributed by atoms with Crippen LogP contribution in [0.25, 0.3) is 0 Å². The highest BCUT2D eigenvalue weighted by molar-refractivity contribution is 5.95. The summed E-state index contributed by atoms with van der Waals surface area (Å²) in [5.74, 6) is 0.929. The fraction of sp³-hybridized carbons (Fsp3) is 0.571. The van der Waals surface area contributed by atoms with E-state index in [0.717, 1.165) is 25.2 Å². The van der Waals surface area contributed by atoms with Crippen LogP contribution in [0.1, 0.15) is 32.3 Å². The van der Waals surface area contributed by atoms with E-state index in [9.17, 15) is 0 Å². The van der Waals surface area contributed by atoms with Gasteiger partial charge in [-0.25, -0.2) is 4.98 Å². The Morgan fingerprint density at radius 2 is 2.16 bits per heavy atom. The van der Waals surface area contributed by atoms with Gasteiger partial charge in [-0.1, -0.05) is 13.8 Å². The smallest absolute Gasteiger partial charge is 0.129 e. The third-order valence-electron chi connectivity index (χ3n) is 3.27. The van der Waals surface area contributed by atoms with Crippen LogP contribution < -0.4 is 10.6 Å². The third kappa shape index (κ3) is 4.21. The van der Waals surface area contributed by atoms with Crippen LogP contribution in [0, 0.1) is 5.41 Å². The van der Waals surface area contributed by atoms with E-state index >= 15 is 0 Å². The largest absolute Gasteiger partial charge is 0.384 e. The van der Waals surface area contributed by atoms with Gasteiger partial charge >= 0.3 is 0 Å². The molecule has 1 aromatic heterocycles. The molecule has 3 N–H and O–H groups in total. The summed E-state index contributed by atoms with van der Waals surface area (Å²) in [5.41, 5.74) is 6.24. The van der Waals surface area contributed by atoms with Gasteiger partial charge in [-0.05, 0) is 25.0 Å². The number of nitrogens with one attached hydrogen (secondary N) is 1. The Kier molecular flexibility index (Phi) is 6.29. The van der Waals surface area contributed by atoms with E-state index < -0.39 is 0 Å². The highest BCUT2D eigenvalue weighted by Gasteiger charge is 2.17. The molecule has 0 bridgehead atoms. The molecule has 106 valence electrons. The van der Waals surface area contributed by atoms with Gasteiger partial charge in [0.05, 0.1) is 6.61 Å². The van der Waals surface area contributed by atoms with Crippen LogP contribution in [0.5, 0.6) is 0 Å². The zero-order chi connectivity index (χ0) is 14.3. The number of pyridine rings is 1. The second-order valence-corrected chi connectivity index (χ2v) is 4.47. The highest BCUT2D eigenvalue weighted by atomic mass is 16.5. The maximum absolute atomic E-state index is 7.51. The number of amidine groups is 1. The molecule has 0 atom stereocenters. The minimum absolute atomic E-state index is 0.0693. The molecule has 0 aliphatic heterocycles. The molecule has 0 radical (unpaired) electrons. The minimum atomic E-state index is 0.0693. The molecule has 0 fully saturated rings. The predicted octanol–water partition coefficient (Wildman–Crippen LogP) is 2.01. The number of anilines is 1. The Balaban J connectivity index is 3.01. The SMILES string of the molecule is CCC(CC)N(CCOC)c1cc(C(=N)N)ccn1. The van der Waals surface area contributed by atoms with Crippen molar-refractivity contribution in [1.82, 2.24) is 4.98 Å². The Labute approximate surface area is 115 Å². The maximum Gasteiger partial charge on any atom is 0.129 e. The topological polar surface area (TPSA) is 75.2 Å². The second-order valence-electron chi connectivity index (χ2n) is 4.47. The van der Waals surface area contributed by atoms with Crippen molar-refractivity contribution in [3.8, 4) is 0 Å². The zero-order valence-electron chi connectivity index (χ0n) is 12.0. The molecule has 0 saturated heterocycles. The average Bonchev–Trinajstić information content (AvgIpc) is 2.43. The summed E-state index contributed by atoms with van der Waals surface area (Å²) < 4.78 is 5.17. The number of hydrogen-bond acceptors (Lipinski definition) is 4. The van der Waals surface area contributed by atoms with Crippen LogP contribution >= 0.6 is 0 Å². The van der Waals surface area contributed by atoms with E-state index in [1.807, 2.05) is 6.07 Å². The molecule has 5 nitrogen and oxygen atoms in total. The van der Waals surface area contributed by atoms with Crippen molar-refractivity contribution in [2.24, 2.45) is 5.73 Å². The van der Waals surface area contributed by atoms with Crippen LogP contribution in [0.2, 0.25) is 0 Å². The summed E-state index contributed by atoms with van der Waals surface area (Å²) in [7, 11) is 1.70. The number of nitrogens with zero attached hydrogens (tertiary/aromatic N) is 2. The van der Waals surface area contributed by atoms with Gasteiger partial charge in [0.25, 0.3) is 0 Å². The zero-order valence-corrected chi connectivity index (χ0v) is 12.0. The fourth-order valence-corrected chi connectivity index (χ4v) is 2.15. The molecule has 19 heavy (non-hydrogen) atoms. The minimum Gasteiger partial charge on any atom is -0.384 e. The van der Waals surface area contributed by atoms with Gasteiger partial charge in [-0.15, -0.1) is 0 Å². The summed E-state index contributed by atoms with van der Waals surface area (Å²) in [5, 5.41) is 7.51. The van der Waals surface area contributed by atoms with Gasteiger partial charge in [-0.2, -0.15) is 0 Å². The first-order valence-corrected chi connectivity index (χ1v) is 6.70. The predicted molar refractivity (Wildman–Crippen MR) is 78.8 cm³/mol. The Hall–Kier alpha value is -1.62. The highest BCUT2D eigenvalue weighted by Crippen LogP contribution is 2.19. The van der Waals surface area contributed by atoms with Gasteiger partial charge in [0.15, 0.2) is 0 Å². The van der Waals surface area contributed by atoms with Crippen molar-refractivity contribution >= 4 is 11.7 Å². The number of nitrogens with two attached hydrogens (primary N) is 1. The van der Waals surface area contributed by atoms with E-state index in [2.05, 4.69) is 23.7 Å². The molecule has 0 aromatic carbocycles. The molecule has 0 amide bonds. The summed E-state index contributed by atoms with van der Waals surface area (Å²) in [6, 6.07) is 4.05. The molecule has 0 unspecified atom stereocenters. The molecular formula is C14H24N4O. The van der Waals surface area contributed by atoms with Crippen molar-refractivity contribution in [1.29, 1.82) is 5.41 Å². The monoisotopic (exact) mass is 264 g/mol. The standard InChI is InChI=1S/C14H24N4O/c1-4-12(5-2)18(8-9-19-3)13-10-11(14(15)16)6-7-17-13/h6-7,10,12H,4-5,8-9H2,1-3H3,(H3,15,16). The molecule has 1 rings (SSSR count). The van der Waals surface area contributed by atoms with Crippen LogP contribution in [-0.2, 0) is 4.74 Å². The fourth-order valence-electron chi connectivity index (χ4n) is 2.15. The van der Waals surface area contributed by atoms with E-state index in [1.165, 1.54) is 0 Å². The van der Waals surface area contributed by atoms with Gasteiger partial charge in [0.1, 0.15) is 11.7 Å². The molecule has 1 aromatic rings. The third-order valence-corrected chi connectivity index (χ3v) is 3.27. The van der Waals surface area contributed by atoms with Crippen molar-refractivity contribution < 1.29 is 4.74 Å². The summed E-state index contributed by atoms with van der Waals surface area (Å²) in [6.45, 7) is 5.78. The van der Waals surface area contributed by atoms with Crippen LogP contribution in [0.3, 0.4) is 0 Å². The van der Waals surface area contributed by atoms with E-state index in [1.54, 1.807) is 19.4 Å². The van der Waals surface area contributed by atoms with Crippen molar-refractivity contribution in [3.05, 3.63) is 23.9 Å². The first kappa shape index (κ1) is 15.4. The van der Waals surface area contributed by atoms with E-state index in [0.29, 0.717) is 18.2 Å². The van der Waals surface area contributed by atoms with Crippen molar-refractivity contribution in [2.45, 2.75) is 32.7 Å². The van der Waals surface area contributed by atoms with Crippen LogP contribution in [-0.4, -0.2) is 37.1 Å². The van der Waals surface area contributed by atoms with E-state index in [-0.39, 0.29) is 5.84 Å². The number of hydrogen-bond donors (Lipinski definition) is 2. The molecule has 0 aliphatic carbocycles. The molecule has 0 saturated carbocycles. The van der Waals surface area contributed by atoms with Crippen molar-refractivity contribution in [2.75, 3.05) is 25.2 Å². The van der Waals surface area contributed by atoms with Gasteiger partial charge in [0, 0.05) is 31.5 Å². The number of ether oxygens (including phenoxy) is 1. The lowest BCUT2D eigenvalue weighted by Crippen LogP contribution is -2.37. The molecule has 1 heterocycles. The number of rotatable bonds is 8. The van der Waals surface area contributed by atoms with E-state index in [4.69, 9.17) is 15.9 Å². The first-order chi connectivity index (χ1) is 9.13. The van der Waals surface area contributed by atoms with Crippen LogP contribution in [0.15, 0.2) is 18.3 Å². The maximum atomic E-state index is 7.51. The summed E-state index contributed by atoms with van der Waals surface area (Å²) in [4.78, 5) is 6.64. The molecular weight excluding hydrogens is 240 g/mol. The summed E-state index contributed by atoms with van der Waals surface area (Å²) >= 11 is 0. The Morgan fingerprint density at radius 1 is 1.47 bits per heavy atom. The lowest BCUT2D eigenvalue weighted by atomic mass is 10.1. The second kappa shape index (κ2) is 7.74. The Bertz CT molecular complexity index is 404. The molecule has 0 aliphatic rings. The molecule has 5 heteroatoms. The quantitative estimate of drug-likeness (QED) is 0.556. The van der Waals surface area contributed by atoms with Crippen molar-refractivity contribution in [3.63, 3.8) is 0 Å². The van der Waals surface area contributed by atoms with Gasteiger partial charge in [-0.3, -0.25) is 5.41 Å². The number of aromatic nitrogens is 1. The average molecular weight is 264 g/mol.